The number of amides is 1. The van der Waals surface area contributed by atoms with Gasteiger partial charge in [0.15, 0.2) is 6.10 Å². The van der Waals surface area contributed by atoms with Crippen LogP contribution in [0.1, 0.15) is 37.8 Å². The minimum atomic E-state index is -0.533. The molecule has 3 rings (SSSR count). The zero-order valence-corrected chi connectivity index (χ0v) is 17.7. The number of nitrogens with one attached hydrogen (secondary N) is 2. The van der Waals surface area contributed by atoms with Gasteiger partial charge in [-0.2, -0.15) is 5.26 Å². The average Bonchev–Trinajstić information content (AvgIpc) is 3.10. The second-order valence-electron chi connectivity index (χ2n) is 6.56. The molecular weight excluding hydrogens is 386 g/mol. The Balaban J connectivity index is 0.000000248. The zero-order valence-electron chi connectivity index (χ0n) is 17.0. The van der Waals surface area contributed by atoms with Gasteiger partial charge in [0.2, 0.25) is 0 Å². The Hall–Kier alpha value is -2.97. The summed E-state index contributed by atoms with van der Waals surface area (Å²) in [6.07, 6.45) is 2.97. The Bertz CT molecular complexity index is 991. The first kappa shape index (κ1) is 22.3. The number of nitriles is 1. The molecule has 29 heavy (non-hydrogen) atoms. The third-order valence-electron chi connectivity index (χ3n) is 4.33. The number of hydrogen-bond acceptors (Lipinski definition) is 3. The van der Waals surface area contributed by atoms with E-state index in [1.54, 1.807) is 18.2 Å². The van der Waals surface area contributed by atoms with Gasteiger partial charge in [-0.3, -0.25) is 4.79 Å². The van der Waals surface area contributed by atoms with Gasteiger partial charge in [-0.1, -0.05) is 43.1 Å². The maximum Gasteiger partial charge on any atom is 0.261 e. The van der Waals surface area contributed by atoms with Gasteiger partial charge in [-0.05, 0) is 44.0 Å². The summed E-state index contributed by atoms with van der Waals surface area (Å²) in [6, 6.07) is 15.1. The van der Waals surface area contributed by atoms with Crippen LogP contribution < -0.4 is 10.1 Å². The van der Waals surface area contributed by atoms with Crippen LogP contribution in [0.3, 0.4) is 0 Å². The summed E-state index contributed by atoms with van der Waals surface area (Å²) in [5.74, 6) is 0.360. The summed E-state index contributed by atoms with van der Waals surface area (Å²) in [5, 5.41) is 13.2. The molecule has 152 valence electrons. The highest BCUT2D eigenvalue weighted by molar-refractivity contribution is 6.31. The molecule has 1 amide bonds. The smallest absolute Gasteiger partial charge is 0.261 e. The predicted octanol–water partition coefficient (Wildman–Crippen LogP) is 5.37. The highest BCUT2D eigenvalue weighted by atomic mass is 35.5. The molecular formula is C23H26ClN3O2. The Morgan fingerprint density at radius 2 is 2.03 bits per heavy atom. The fraction of sp³-hybridized carbons (Fsp3) is 0.304. The van der Waals surface area contributed by atoms with Crippen LogP contribution in [0.4, 0.5) is 0 Å². The molecule has 0 saturated heterocycles. The van der Waals surface area contributed by atoms with E-state index >= 15 is 0 Å². The fourth-order valence-electron chi connectivity index (χ4n) is 2.83. The Kier molecular flexibility index (Phi) is 8.57. The van der Waals surface area contributed by atoms with Crippen LogP contribution >= 0.6 is 11.6 Å². The number of benzene rings is 2. The minimum absolute atomic E-state index is 0.134. The van der Waals surface area contributed by atoms with Crippen LogP contribution in [0.25, 0.3) is 10.9 Å². The Morgan fingerprint density at radius 3 is 2.66 bits per heavy atom. The number of nitrogens with zero attached hydrogens (tertiary/aromatic N) is 1. The van der Waals surface area contributed by atoms with Gasteiger partial charge in [0.1, 0.15) is 11.8 Å². The van der Waals surface area contributed by atoms with Crippen molar-refractivity contribution in [2.24, 2.45) is 0 Å². The maximum atomic E-state index is 11.8. The number of carbonyl (C=O) groups is 1. The third-order valence-corrected chi connectivity index (χ3v) is 4.64. The number of para-hydroxylation sites is 1. The first-order valence-electron chi connectivity index (χ1n) is 9.66. The van der Waals surface area contributed by atoms with Crippen LogP contribution in [-0.4, -0.2) is 23.5 Å². The molecule has 0 spiro atoms. The van der Waals surface area contributed by atoms with Crippen molar-refractivity contribution in [2.45, 2.75) is 39.7 Å². The van der Waals surface area contributed by atoms with Crippen molar-refractivity contribution in [1.29, 1.82) is 5.26 Å². The van der Waals surface area contributed by atoms with E-state index in [-0.39, 0.29) is 5.91 Å². The van der Waals surface area contributed by atoms with Gasteiger partial charge in [0.25, 0.3) is 5.91 Å². The van der Waals surface area contributed by atoms with Gasteiger partial charge in [-0.25, -0.2) is 0 Å². The lowest BCUT2D eigenvalue weighted by Gasteiger charge is -2.18. The van der Waals surface area contributed by atoms with Crippen LogP contribution in [-0.2, 0) is 4.79 Å². The van der Waals surface area contributed by atoms with Gasteiger partial charge >= 0.3 is 0 Å². The van der Waals surface area contributed by atoms with Crippen molar-refractivity contribution < 1.29 is 9.53 Å². The highest BCUT2D eigenvalue weighted by Crippen LogP contribution is 2.23. The van der Waals surface area contributed by atoms with Gasteiger partial charge in [0.05, 0.1) is 10.6 Å². The number of H-pyrrole nitrogens is 1. The van der Waals surface area contributed by atoms with Crippen molar-refractivity contribution in [3.8, 4) is 11.8 Å². The molecule has 2 aromatic carbocycles. The summed E-state index contributed by atoms with van der Waals surface area (Å²) in [7, 11) is 0. The Labute approximate surface area is 176 Å². The number of fused-ring (bicyclic) bond motifs is 1. The number of hydrogen-bond donors (Lipinski definition) is 2. The van der Waals surface area contributed by atoms with Crippen LogP contribution in [0.2, 0.25) is 5.02 Å². The third kappa shape index (κ3) is 6.27. The quantitative estimate of drug-likeness (QED) is 0.572. The zero-order chi connectivity index (χ0) is 21.2. The molecule has 3 aromatic rings. The summed E-state index contributed by atoms with van der Waals surface area (Å²) < 4.78 is 5.64. The van der Waals surface area contributed by atoms with E-state index in [4.69, 9.17) is 21.6 Å². The highest BCUT2D eigenvalue weighted by Gasteiger charge is 2.19. The number of ether oxygens (including phenoxy) is 1. The van der Waals surface area contributed by atoms with Gasteiger partial charge in [0, 0.05) is 29.7 Å². The first-order valence-corrected chi connectivity index (χ1v) is 10.0. The molecule has 1 heterocycles. The largest absolute Gasteiger partial charge is 0.481 e. The van der Waals surface area contributed by atoms with Crippen molar-refractivity contribution in [3.63, 3.8) is 0 Å². The lowest BCUT2D eigenvalue weighted by atomic mass is 10.2. The predicted molar refractivity (Wildman–Crippen MR) is 117 cm³/mol. The molecule has 0 aliphatic carbocycles. The monoisotopic (exact) mass is 411 g/mol. The molecule has 0 bridgehead atoms. The van der Waals surface area contributed by atoms with Crippen molar-refractivity contribution in [2.75, 3.05) is 6.54 Å². The van der Waals surface area contributed by atoms with E-state index in [0.717, 1.165) is 6.42 Å². The van der Waals surface area contributed by atoms with Crippen molar-refractivity contribution in [1.82, 2.24) is 10.3 Å². The summed E-state index contributed by atoms with van der Waals surface area (Å²) in [4.78, 5) is 15.0. The molecule has 0 saturated carbocycles. The number of carbonyl (C=O) groups excluding carboxylic acids is 1. The van der Waals surface area contributed by atoms with Crippen LogP contribution in [0.15, 0.2) is 48.7 Å². The van der Waals surface area contributed by atoms with Crippen molar-refractivity contribution >= 4 is 28.4 Å². The SMILES string of the molecule is CCCC(Oc1ccc(C#N)c(Cl)c1)C(=O)NCC.Cc1c[nH]c2ccccc12. The van der Waals surface area contributed by atoms with E-state index in [1.165, 1.54) is 16.5 Å². The second-order valence-corrected chi connectivity index (χ2v) is 6.97. The van der Waals surface area contributed by atoms with E-state index in [0.29, 0.717) is 29.3 Å². The van der Waals surface area contributed by atoms with Crippen molar-refractivity contribution in [3.05, 3.63) is 64.8 Å². The summed E-state index contributed by atoms with van der Waals surface area (Å²) in [5.41, 5.74) is 2.93. The number of aryl methyl sites for hydroxylation is 1. The molecule has 0 aliphatic heterocycles. The normalized spacial score (nSPS) is 11.1. The molecule has 1 atom stereocenters. The number of likely N-dealkylation sites (N-methyl/N-ethyl adjacent to an activating group) is 1. The van der Waals surface area contributed by atoms with E-state index in [2.05, 4.69) is 35.4 Å². The Morgan fingerprint density at radius 1 is 1.28 bits per heavy atom. The summed E-state index contributed by atoms with van der Waals surface area (Å²) >= 11 is 5.93. The number of rotatable bonds is 6. The van der Waals surface area contributed by atoms with Gasteiger partial charge < -0.3 is 15.0 Å². The average molecular weight is 412 g/mol. The van der Waals surface area contributed by atoms with Gasteiger partial charge in [-0.15, -0.1) is 0 Å². The maximum absolute atomic E-state index is 11.8. The molecule has 0 radical (unpaired) electrons. The topological polar surface area (TPSA) is 77.9 Å². The lowest BCUT2D eigenvalue weighted by Crippen LogP contribution is -2.38. The number of aromatic nitrogens is 1. The van der Waals surface area contributed by atoms with E-state index < -0.39 is 6.10 Å². The number of aromatic amines is 1. The second kappa shape index (κ2) is 11.1. The molecule has 2 N–H and O–H groups in total. The molecule has 0 aliphatic rings. The standard InChI is InChI=1S/C14H17ClN2O2.C9H9N/c1-3-5-13(14(18)17-4-2)19-11-7-6-10(9-16)12(15)8-11;1-7-6-10-9-5-3-2-4-8(7)9/h6-8,13H,3-5H2,1-2H3,(H,17,18);2-6,10H,1H3. The van der Waals surface area contributed by atoms with E-state index in [9.17, 15) is 4.79 Å². The molecule has 1 aromatic heterocycles. The molecule has 0 fully saturated rings. The molecule has 6 heteroatoms. The molecule has 5 nitrogen and oxygen atoms in total. The van der Waals surface area contributed by atoms with Crippen LogP contribution in [0.5, 0.6) is 5.75 Å². The number of halogens is 1. The molecule has 1 unspecified atom stereocenters. The lowest BCUT2D eigenvalue weighted by molar-refractivity contribution is -0.128. The van der Waals surface area contributed by atoms with Crippen LogP contribution in [0, 0.1) is 18.3 Å². The fourth-order valence-corrected chi connectivity index (χ4v) is 3.05. The first-order chi connectivity index (χ1) is 14.0. The summed E-state index contributed by atoms with van der Waals surface area (Å²) in [6.45, 7) is 6.52. The minimum Gasteiger partial charge on any atom is -0.481 e. The van der Waals surface area contributed by atoms with E-state index in [1.807, 2.05) is 32.2 Å².